The number of methoxy groups -OCH3 is 1. The fraction of sp³-hybridized carbons (Fsp3) is 0.600. The first kappa shape index (κ1) is 13.7. The fourth-order valence-electron chi connectivity index (χ4n) is 2.56. The van der Waals surface area contributed by atoms with Crippen molar-refractivity contribution in [2.24, 2.45) is 0 Å². The smallest absolute Gasteiger partial charge is 0.142 e. The first-order valence-corrected chi connectivity index (χ1v) is 7.12. The van der Waals surface area contributed by atoms with Gasteiger partial charge in [0.25, 0.3) is 0 Å². The van der Waals surface area contributed by atoms with E-state index < -0.39 is 0 Å². The summed E-state index contributed by atoms with van der Waals surface area (Å²) >= 11 is 6.35. The zero-order chi connectivity index (χ0) is 13.1. The van der Waals surface area contributed by atoms with Crippen LogP contribution in [0.3, 0.4) is 0 Å². The summed E-state index contributed by atoms with van der Waals surface area (Å²) in [7, 11) is 1.70. The zero-order valence-electron chi connectivity index (χ0n) is 11.4. The lowest BCUT2D eigenvalue weighted by molar-refractivity contribution is 0.373. The molecule has 0 amide bonds. The Morgan fingerprint density at radius 3 is 2.67 bits per heavy atom. The van der Waals surface area contributed by atoms with Gasteiger partial charge in [0.15, 0.2) is 0 Å². The highest BCUT2D eigenvalue weighted by molar-refractivity contribution is 6.32. The third-order valence-electron chi connectivity index (χ3n) is 3.65. The Morgan fingerprint density at radius 1 is 1.33 bits per heavy atom. The molecule has 2 nitrogen and oxygen atoms in total. The fourth-order valence-corrected chi connectivity index (χ4v) is 2.87. The van der Waals surface area contributed by atoms with Gasteiger partial charge >= 0.3 is 0 Å². The molecule has 1 atom stereocenters. The maximum Gasteiger partial charge on any atom is 0.142 e. The minimum atomic E-state index is 0.380. The average molecular weight is 268 g/mol. The van der Waals surface area contributed by atoms with Gasteiger partial charge in [0.05, 0.1) is 12.1 Å². The molecule has 0 aliphatic carbocycles. The van der Waals surface area contributed by atoms with Crippen LogP contribution in [-0.2, 0) is 0 Å². The highest BCUT2D eigenvalue weighted by Gasteiger charge is 2.21. The second-order valence-corrected chi connectivity index (χ2v) is 5.69. The highest BCUT2D eigenvalue weighted by atomic mass is 35.5. The van der Waals surface area contributed by atoms with Crippen molar-refractivity contribution < 1.29 is 4.74 Å². The van der Waals surface area contributed by atoms with Crippen molar-refractivity contribution in [3.8, 4) is 5.75 Å². The zero-order valence-corrected chi connectivity index (χ0v) is 12.2. The van der Waals surface area contributed by atoms with Crippen molar-refractivity contribution in [3.05, 3.63) is 28.3 Å². The van der Waals surface area contributed by atoms with Gasteiger partial charge in [0.1, 0.15) is 5.75 Å². The number of hydrogen-bond acceptors (Lipinski definition) is 2. The third kappa shape index (κ3) is 2.81. The minimum Gasteiger partial charge on any atom is -0.495 e. The van der Waals surface area contributed by atoms with E-state index in [2.05, 4.69) is 25.2 Å². The summed E-state index contributed by atoms with van der Waals surface area (Å²) in [6.45, 7) is 5.46. The Balaban J connectivity index is 2.41. The maximum absolute atomic E-state index is 6.35. The molecule has 18 heavy (non-hydrogen) atoms. The Labute approximate surface area is 115 Å². The van der Waals surface area contributed by atoms with Crippen LogP contribution in [0.4, 0.5) is 0 Å². The quantitative estimate of drug-likeness (QED) is 0.882. The molecule has 0 bridgehead atoms. The van der Waals surface area contributed by atoms with Gasteiger partial charge < -0.3 is 10.1 Å². The van der Waals surface area contributed by atoms with Crippen LogP contribution in [0, 0.1) is 0 Å². The molecule has 3 heteroatoms. The number of halogens is 1. The van der Waals surface area contributed by atoms with Crippen LogP contribution in [0.15, 0.2) is 12.1 Å². The predicted molar refractivity (Wildman–Crippen MR) is 76.7 cm³/mol. The van der Waals surface area contributed by atoms with Crippen LogP contribution in [-0.4, -0.2) is 13.7 Å². The molecule has 100 valence electrons. The largest absolute Gasteiger partial charge is 0.495 e. The van der Waals surface area contributed by atoms with E-state index in [1.807, 2.05) is 6.07 Å². The van der Waals surface area contributed by atoms with E-state index in [1.54, 1.807) is 7.11 Å². The van der Waals surface area contributed by atoms with E-state index in [0.29, 0.717) is 12.0 Å². The van der Waals surface area contributed by atoms with Gasteiger partial charge in [-0.3, -0.25) is 0 Å². The maximum atomic E-state index is 6.35. The van der Waals surface area contributed by atoms with Gasteiger partial charge in [-0.05, 0) is 36.9 Å². The molecule has 0 aromatic heterocycles. The Bertz CT molecular complexity index is 411. The molecule has 1 heterocycles. The van der Waals surface area contributed by atoms with E-state index in [0.717, 1.165) is 23.7 Å². The molecule has 1 aliphatic rings. The van der Waals surface area contributed by atoms with Gasteiger partial charge in [-0.1, -0.05) is 37.9 Å². The molecular weight excluding hydrogens is 246 g/mol. The first-order chi connectivity index (χ1) is 8.63. The van der Waals surface area contributed by atoms with Gasteiger partial charge in [-0.2, -0.15) is 0 Å². The topological polar surface area (TPSA) is 21.3 Å². The standard InChI is InChI=1S/C15H22ClNO/c1-10(2)11-8-12(14-6-4-5-7-17-14)15(18-3)13(16)9-11/h8-10,14,17H,4-7H2,1-3H3. The van der Waals surface area contributed by atoms with E-state index in [9.17, 15) is 0 Å². The Kier molecular flexibility index (Phi) is 4.52. The lowest BCUT2D eigenvalue weighted by Gasteiger charge is -2.26. The van der Waals surface area contributed by atoms with Crippen molar-refractivity contribution in [1.82, 2.24) is 5.32 Å². The molecule has 0 saturated carbocycles. The molecule has 1 N–H and O–H groups in total. The van der Waals surface area contributed by atoms with E-state index in [-0.39, 0.29) is 0 Å². The van der Waals surface area contributed by atoms with Crippen molar-refractivity contribution in [3.63, 3.8) is 0 Å². The van der Waals surface area contributed by atoms with Crippen LogP contribution in [0.25, 0.3) is 0 Å². The van der Waals surface area contributed by atoms with Crippen molar-refractivity contribution in [2.75, 3.05) is 13.7 Å². The van der Waals surface area contributed by atoms with Crippen LogP contribution < -0.4 is 10.1 Å². The molecule has 1 aromatic carbocycles. The summed E-state index contributed by atoms with van der Waals surface area (Å²) in [6, 6.07) is 4.65. The van der Waals surface area contributed by atoms with Crippen molar-refractivity contribution in [2.45, 2.75) is 45.1 Å². The third-order valence-corrected chi connectivity index (χ3v) is 3.93. The molecule has 1 aliphatic heterocycles. The lowest BCUT2D eigenvalue weighted by atomic mass is 9.92. The molecule has 0 spiro atoms. The average Bonchev–Trinajstić information content (AvgIpc) is 2.38. The van der Waals surface area contributed by atoms with Crippen molar-refractivity contribution in [1.29, 1.82) is 0 Å². The summed E-state index contributed by atoms with van der Waals surface area (Å²) in [5.41, 5.74) is 2.50. The second-order valence-electron chi connectivity index (χ2n) is 5.28. The summed E-state index contributed by atoms with van der Waals surface area (Å²) in [4.78, 5) is 0. The molecule has 1 aromatic rings. The number of piperidine rings is 1. The first-order valence-electron chi connectivity index (χ1n) is 6.74. The SMILES string of the molecule is COc1c(Cl)cc(C(C)C)cc1C1CCCCN1. The Hall–Kier alpha value is -0.730. The van der Waals surface area contributed by atoms with Crippen LogP contribution in [0.5, 0.6) is 5.75 Å². The van der Waals surface area contributed by atoms with Gasteiger partial charge in [0, 0.05) is 11.6 Å². The number of rotatable bonds is 3. The highest BCUT2D eigenvalue weighted by Crippen LogP contribution is 2.38. The van der Waals surface area contributed by atoms with Crippen LogP contribution >= 0.6 is 11.6 Å². The predicted octanol–water partition coefficient (Wildman–Crippen LogP) is 4.29. The number of ether oxygens (including phenoxy) is 1. The molecule has 1 saturated heterocycles. The van der Waals surface area contributed by atoms with Gasteiger partial charge in [-0.15, -0.1) is 0 Å². The Morgan fingerprint density at radius 2 is 2.11 bits per heavy atom. The molecule has 2 rings (SSSR count). The lowest BCUT2D eigenvalue weighted by Crippen LogP contribution is -2.27. The molecule has 1 unspecified atom stereocenters. The van der Waals surface area contributed by atoms with Gasteiger partial charge in [-0.25, -0.2) is 0 Å². The van der Waals surface area contributed by atoms with Gasteiger partial charge in [0.2, 0.25) is 0 Å². The number of nitrogens with one attached hydrogen (secondary N) is 1. The van der Waals surface area contributed by atoms with E-state index >= 15 is 0 Å². The summed E-state index contributed by atoms with van der Waals surface area (Å²) in [5, 5.41) is 4.29. The van der Waals surface area contributed by atoms with Crippen molar-refractivity contribution >= 4 is 11.6 Å². The molecular formula is C15H22ClNO. The summed E-state index contributed by atoms with van der Waals surface area (Å²) in [6.07, 6.45) is 3.69. The molecule has 0 radical (unpaired) electrons. The minimum absolute atomic E-state index is 0.380. The number of benzene rings is 1. The monoisotopic (exact) mass is 267 g/mol. The van der Waals surface area contributed by atoms with E-state index in [1.165, 1.54) is 24.0 Å². The van der Waals surface area contributed by atoms with E-state index in [4.69, 9.17) is 16.3 Å². The second kappa shape index (κ2) is 5.94. The van der Waals surface area contributed by atoms with Crippen LogP contribution in [0.1, 0.15) is 56.2 Å². The summed E-state index contributed by atoms with van der Waals surface area (Å²) < 4.78 is 5.49. The van der Waals surface area contributed by atoms with Crippen LogP contribution in [0.2, 0.25) is 5.02 Å². The normalized spacial score (nSPS) is 20.2. The summed E-state index contributed by atoms with van der Waals surface area (Å²) in [5.74, 6) is 1.32. The molecule has 1 fully saturated rings. The number of hydrogen-bond donors (Lipinski definition) is 1.